The van der Waals surface area contributed by atoms with Crippen LogP contribution in [0.25, 0.3) is 6.08 Å². The molecule has 1 fully saturated rings. The molecule has 162 valence electrons. The van der Waals surface area contributed by atoms with Crippen molar-refractivity contribution in [2.24, 2.45) is 0 Å². The summed E-state index contributed by atoms with van der Waals surface area (Å²) in [5.41, 5.74) is -0.440. The third kappa shape index (κ3) is 5.79. The van der Waals surface area contributed by atoms with Crippen molar-refractivity contribution in [3.8, 4) is 0 Å². The van der Waals surface area contributed by atoms with E-state index in [9.17, 15) is 22.8 Å². The second kappa shape index (κ2) is 9.60. The van der Waals surface area contributed by atoms with Crippen molar-refractivity contribution in [3.63, 3.8) is 0 Å². The molecule has 0 radical (unpaired) electrons. The zero-order valence-electron chi connectivity index (χ0n) is 15.5. The monoisotopic (exact) mass is 504 g/mol. The van der Waals surface area contributed by atoms with E-state index in [0.29, 0.717) is 15.5 Å². The highest BCUT2D eigenvalue weighted by molar-refractivity contribution is 8.26. The number of nitrogens with zero attached hydrogens (tertiary/aromatic N) is 1. The van der Waals surface area contributed by atoms with Crippen LogP contribution in [0.5, 0.6) is 0 Å². The van der Waals surface area contributed by atoms with Gasteiger partial charge in [-0.2, -0.15) is 13.2 Å². The molecule has 0 atom stereocenters. The minimum absolute atomic E-state index is 0.0178. The van der Waals surface area contributed by atoms with Gasteiger partial charge in [0.05, 0.1) is 15.5 Å². The molecule has 0 aliphatic carbocycles. The zero-order chi connectivity index (χ0) is 22.8. The van der Waals surface area contributed by atoms with E-state index in [0.717, 1.165) is 23.9 Å². The quantitative estimate of drug-likeness (QED) is 0.386. The van der Waals surface area contributed by atoms with Gasteiger partial charge in [0.15, 0.2) is 0 Å². The molecule has 0 bridgehead atoms. The summed E-state index contributed by atoms with van der Waals surface area (Å²) >= 11 is 18.0. The van der Waals surface area contributed by atoms with Gasteiger partial charge in [-0.25, -0.2) is 0 Å². The highest BCUT2D eigenvalue weighted by Crippen LogP contribution is 2.36. The van der Waals surface area contributed by atoms with Crippen molar-refractivity contribution < 1.29 is 22.8 Å². The first kappa shape index (κ1) is 23.6. The van der Waals surface area contributed by atoms with E-state index >= 15 is 0 Å². The van der Waals surface area contributed by atoms with Crippen LogP contribution in [0.2, 0.25) is 10.0 Å². The van der Waals surface area contributed by atoms with Crippen molar-refractivity contribution >= 4 is 75.1 Å². The molecule has 2 aromatic carbocycles. The number of amides is 2. The summed E-state index contributed by atoms with van der Waals surface area (Å²) in [5, 5.41) is 2.39. The van der Waals surface area contributed by atoms with Crippen molar-refractivity contribution in [3.05, 3.63) is 68.5 Å². The summed E-state index contributed by atoms with van der Waals surface area (Å²) in [4.78, 5) is 26.5. The molecule has 4 nitrogen and oxygen atoms in total. The highest BCUT2D eigenvalue weighted by atomic mass is 35.5. The first-order valence-electron chi connectivity index (χ1n) is 8.73. The molecule has 1 heterocycles. The molecule has 0 aromatic heterocycles. The molecule has 0 unspecified atom stereocenters. The summed E-state index contributed by atoms with van der Waals surface area (Å²) < 4.78 is 39.1. The van der Waals surface area contributed by atoms with Crippen LogP contribution in [-0.2, 0) is 15.8 Å². The molecule has 1 N–H and O–H groups in total. The molecule has 1 aliphatic heterocycles. The average molecular weight is 505 g/mol. The fourth-order valence-electron chi connectivity index (χ4n) is 2.68. The number of carbonyl (C=O) groups is 2. The molecule has 0 spiro atoms. The Balaban J connectivity index is 1.64. The predicted molar refractivity (Wildman–Crippen MR) is 121 cm³/mol. The first-order valence-corrected chi connectivity index (χ1v) is 10.7. The Kier molecular flexibility index (Phi) is 7.31. The van der Waals surface area contributed by atoms with E-state index in [1.807, 2.05) is 0 Å². The Hall–Kier alpha value is -2.07. The zero-order valence-corrected chi connectivity index (χ0v) is 18.6. The Morgan fingerprint density at radius 3 is 2.55 bits per heavy atom. The number of hydrogen-bond acceptors (Lipinski definition) is 4. The van der Waals surface area contributed by atoms with E-state index in [1.54, 1.807) is 30.3 Å². The van der Waals surface area contributed by atoms with Gasteiger partial charge >= 0.3 is 6.18 Å². The van der Waals surface area contributed by atoms with Gasteiger partial charge in [0, 0.05) is 23.7 Å². The number of anilines is 1. The summed E-state index contributed by atoms with van der Waals surface area (Å²) in [6.45, 7) is -0.0178. The molecule has 1 aliphatic rings. The van der Waals surface area contributed by atoms with Crippen LogP contribution in [0.3, 0.4) is 0 Å². The summed E-state index contributed by atoms with van der Waals surface area (Å²) in [6.07, 6.45) is -3.18. The smallest absolute Gasteiger partial charge is 0.326 e. The van der Waals surface area contributed by atoms with Crippen LogP contribution in [0, 0.1) is 0 Å². The molecule has 0 saturated carbocycles. The molecule has 31 heavy (non-hydrogen) atoms. The van der Waals surface area contributed by atoms with Crippen LogP contribution < -0.4 is 5.32 Å². The van der Waals surface area contributed by atoms with Gasteiger partial charge in [0.2, 0.25) is 5.91 Å². The fraction of sp³-hybridized carbons (Fsp3) is 0.150. The second-order valence-corrected chi connectivity index (χ2v) is 8.84. The maximum atomic E-state index is 13.0. The van der Waals surface area contributed by atoms with Gasteiger partial charge in [0.25, 0.3) is 5.91 Å². The van der Waals surface area contributed by atoms with Gasteiger partial charge in [-0.1, -0.05) is 65.4 Å². The van der Waals surface area contributed by atoms with Crippen molar-refractivity contribution in [1.82, 2.24) is 4.90 Å². The van der Waals surface area contributed by atoms with Gasteiger partial charge in [0.1, 0.15) is 4.32 Å². The van der Waals surface area contributed by atoms with E-state index in [4.69, 9.17) is 35.4 Å². The topological polar surface area (TPSA) is 49.4 Å². The first-order chi connectivity index (χ1) is 14.6. The normalized spacial score (nSPS) is 15.6. The predicted octanol–water partition coefficient (Wildman–Crippen LogP) is 6.24. The number of rotatable bonds is 5. The lowest BCUT2D eigenvalue weighted by Crippen LogP contribution is -2.31. The van der Waals surface area contributed by atoms with E-state index in [2.05, 4.69) is 5.32 Å². The number of nitrogens with one attached hydrogen (secondary N) is 1. The van der Waals surface area contributed by atoms with Crippen LogP contribution in [0.1, 0.15) is 17.5 Å². The third-order valence-electron chi connectivity index (χ3n) is 4.18. The molecule has 2 amide bonds. The SMILES string of the molecule is O=C(CCN1C(=O)/C(=C\c2ccccc2Cl)SC1=S)Nc1ccc(Cl)c(C(F)(F)F)c1. The molecule has 11 heteroatoms. The minimum Gasteiger partial charge on any atom is -0.326 e. The Bertz CT molecular complexity index is 1090. The van der Waals surface area contributed by atoms with Gasteiger partial charge in [-0.3, -0.25) is 14.5 Å². The van der Waals surface area contributed by atoms with E-state index < -0.39 is 22.7 Å². The van der Waals surface area contributed by atoms with Crippen molar-refractivity contribution in [2.75, 3.05) is 11.9 Å². The highest BCUT2D eigenvalue weighted by Gasteiger charge is 2.34. The molecular formula is C20H13Cl2F3N2O2S2. The van der Waals surface area contributed by atoms with E-state index in [1.165, 1.54) is 11.0 Å². The number of carbonyl (C=O) groups excluding carboxylic acids is 2. The maximum absolute atomic E-state index is 13.0. The van der Waals surface area contributed by atoms with Crippen LogP contribution in [-0.4, -0.2) is 27.6 Å². The molecular weight excluding hydrogens is 492 g/mol. The fourth-order valence-corrected chi connectivity index (χ4v) is 4.40. The lowest BCUT2D eigenvalue weighted by molar-refractivity contribution is -0.137. The molecule has 1 saturated heterocycles. The number of thiocarbonyl (C=S) groups is 1. The number of benzene rings is 2. The van der Waals surface area contributed by atoms with Crippen LogP contribution in [0.4, 0.5) is 18.9 Å². The lowest BCUT2D eigenvalue weighted by atomic mass is 10.2. The third-order valence-corrected chi connectivity index (χ3v) is 6.23. The van der Waals surface area contributed by atoms with Crippen LogP contribution >= 0.6 is 47.2 Å². The van der Waals surface area contributed by atoms with Crippen molar-refractivity contribution in [2.45, 2.75) is 12.6 Å². The molecule has 3 rings (SSSR count). The average Bonchev–Trinajstić information content (AvgIpc) is 2.95. The Morgan fingerprint density at radius 1 is 1.16 bits per heavy atom. The van der Waals surface area contributed by atoms with Crippen LogP contribution in [0.15, 0.2) is 47.4 Å². The summed E-state index contributed by atoms with van der Waals surface area (Å²) in [7, 11) is 0. The van der Waals surface area contributed by atoms with Crippen molar-refractivity contribution in [1.29, 1.82) is 0 Å². The van der Waals surface area contributed by atoms with Gasteiger partial charge in [-0.15, -0.1) is 0 Å². The standard InChI is InChI=1S/C20H13Cl2F3N2O2S2/c21-14-4-2-1-3-11(14)9-16-18(29)27(19(30)31-16)8-7-17(28)26-12-5-6-15(22)13(10-12)20(23,24)25/h1-6,9-10H,7-8H2,(H,26,28)/b16-9+. The minimum atomic E-state index is -4.65. The van der Waals surface area contributed by atoms with Gasteiger partial charge in [-0.05, 0) is 35.9 Å². The number of alkyl halides is 3. The summed E-state index contributed by atoms with van der Waals surface area (Å²) in [5.74, 6) is -0.937. The Morgan fingerprint density at radius 2 is 1.87 bits per heavy atom. The van der Waals surface area contributed by atoms with E-state index in [-0.39, 0.29) is 28.9 Å². The number of hydrogen-bond donors (Lipinski definition) is 1. The Labute approximate surface area is 195 Å². The summed E-state index contributed by atoms with van der Waals surface area (Å²) in [6, 6.07) is 10.1. The largest absolute Gasteiger partial charge is 0.417 e. The number of halogens is 5. The molecule has 2 aromatic rings. The van der Waals surface area contributed by atoms with Gasteiger partial charge < -0.3 is 5.32 Å². The number of thioether (sulfide) groups is 1. The lowest BCUT2D eigenvalue weighted by Gasteiger charge is -2.15. The second-order valence-electron chi connectivity index (χ2n) is 6.35. The maximum Gasteiger partial charge on any atom is 0.417 e.